The number of hydrogen-bond acceptors (Lipinski definition) is 5. The monoisotopic (exact) mass is 397 g/mol. The van der Waals surface area contributed by atoms with E-state index in [0.717, 1.165) is 22.4 Å². The van der Waals surface area contributed by atoms with Gasteiger partial charge in [0.05, 0.1) is 6.04 Å². The van der Waals surface area contributed by atoms with Gasteiger partial charge in [-0.15, -0.1) is 10.2 Å². The molecule has 0 fully saturated rings. The normalized spacial score (nSPS) is 18.3. The first-order chi connectivity index (χ1) is 13.4. The average Bonchev–Trinajstić information content (AvgIpc) is 3.04. The van der Waals surface area contributed by atoms with E-state index in [-0.39, 0.29) is 17.8 Å². The maximum absolute atomic E-state index is 13.4. The summed E-state index contributed by atoms with van der Waals surface area (Å²) in [7, 11) is 0. The number of rotatable bonds is 3. The number of thioether (sulfide) groups is 1. The molecule has 0 radical (unpaired) electrons. The minimum absolute atomic E-state index is 0.148. The maximum Gasteiger partial charge on any atom is 0.240 e. The molecule has 1 aromatic heterocycles. The molecule has 144 valence electrons. The van der Waals surface area contributed by atoms with Gasteiger partial charge in [0.15, 0.2) is 0 Å². The van der Waals surface area contributed by atoms with Crippen LogP contribution in [0.5, 0.6) is 0 Å². The van der Waals surface area contributed by atoms with Crippen molar-refractivity contribution in [3.63, 3.8) is 0 Å². The lowest BCUT2D eigenvalue weighted by Crippen LogP contribution is -2.41. The molecular weight excluding hydrogens is 377 g/mol. The standard InChI is InChI=1S/C20H20FN5OS/c1-11-4-9-16(12(2)10-11)22-19(27)18-17(14-5-7-15(21)8-6-14)25-26-13(3)23-24-20(26)28-18/h4-10,17-18,25H,1-3H3,(H,22,27)/t17-,18-/m1/s1. The lowest BCUT2D eigenvalue weighted by molar-refractivity contribution is -0.116. The summed E-state index contributed by atoms with van der Waals surface area (Å²) in [6, 6.07) is 11.7. The maximum atomic E-state index is 13.4. The fourth-order valence-corrected chi connectivity index (χ4v) is 4.36. The van der Waals surface area contributed by atoms with Crippen LogP contribution in [0, 0.1) is 26.6 Å². The first kappa shape index (κ1) is 18.5. The van der Waals surface area contributed by atoms with Crippen LogP contribution in [0.4, 0.5) is 10.1 Å². The highest BCUT2D eigenvalue weighted by molar-refractivity contribution is 8.00. The molecule has 1 aliphatic heterocycles. The zero-order valence-electron chi connectivity index (χ0n) is 15.7. The summed E-state index contributed by atoms with van der Waals surface area (Å²) in [5, 5.41) is 11.4. The largest absolute Gasteiger partial charge is 0.325 e. The Morgan fingerprint density at radius 3 is 2.61 bits per heavy atom. The molecule has 0 saturated heterocycles. The van der Waals surface area contributed by atoms with Crippen LogP contribution in [0.3, 0.4) is 0 Å². The van der Waals surface area contributed by atoms with Crippen molar-refractivity contribution in [3.05, 3.63) is 70.8 Å². The summed E-state index contributed by atoms with van der Waals surface area (Å²) in [5.41, 5.74) is 7.03. The Morgan fingerprint density at radius 2 is 1.89 bits per heavy atom. The number of aryl methyl sites for hydroxylation is 3. The van der Waals surface area contributed by atoms with E-state index in [1.54, 1.807) is 16.8 Å². The average molecular weight is 397 g/mol. The smallest absolute Gasteiger partial charge is 0.240 e. The van der Waals surface area contributed by atoms with Crippen LogP contribution in [0.1, 0.15) is 28.6 Å². The van der Waals surface area contributed by atoms with E-state index >= 15 is 0 Å². The molecular formula is C20H20FN5OS. The van der Waals surface area contributed by atoms with E-state index in [1.807, 2.05) is 39.0 Å². The van der Waals surface area contributed by atoms with Crippen molar-refractivity contribution in [3.8, 4) is 0 Å². The summed E-state index contributed by atoms with van der Waals surface area (Å²) in [6.45, 7) is 5.81. The van der Waals surface area contributed by atoms with Gasteiger partial charge in [-0.2, -0.15) is 0 Å². The van der Waals surface area contributed by atoms with Crippen molar-refractivity contribution in [2.24, 2.45) is 0 Å². The SMILES string of the molecule is Cc1ccc(NC(=O)[C@@H]2Sc3nnc(C)n3N[C@@H]2c2ccc(F)cc2)c(C)c1. The van der Waals surface area contributed by atoms with E-state index in [1.165, 1.54) is 23.9 Å². The van der Waals surface area contributed by atoms with Crippen molar-refractivity contribution in [2.75, 3.05) is 10.7 Å². The lowest BCUT2D eigenvalue weighted by Gasteiger charge is -2.32. The van der Waals surface area contributed by atoms with Gasteiger partial charge >= 0.3 is 0 Å². The van der Waals surface area contributed by atoms with Gasteiger partial charge in [-0.3, -0.25) is 4.79 Å². The van der Waals surface area contributed by atoms with Gasteiger partial charge in [0, 0.05) is 5.69 Å². The highest BCUT2D eigenvalue weighted by Crippen LogP contribution is 2.37. The van der Waals surface area contributed by atoms with E-state index in [2.05, 4.69) is 20.9 Å². The summed E-state index contributed by atoms with van der Waals surface area (Å²) in [5.74, 6) is 0.234. The second kappa shape index (κ2) is 7.27. The van der Waals surface area contributed by atoms with Crippen LogP contribution in [0.25, 0.3) is 0 Å². The topological polar surface area (TPSA) is 71.8 Å². The molecule has 2 atom stereocenters. The molecule has 2 aromatic carbocycles. The predicted octanol–water partition coefficient (Wildman–Crippen LogP) is 3.74. The number of halogens is 1. The highest BCUT2D eigenvalue weighted by Gasteiger charge is 2.37. The summed E-state index contributed by atoms with van der Waals surface area (Å²) >= 11 is 1.34. The number of nitrogens with zero attached hydrogens (tertiary/aromatic N) is 3. The number of carbonyl (C=O) groups is 1. The number of hydrogen-bond donors (Lipinski definition) is 2. The van der Waals surface area contributed by atoms with Crippen molar-refractivity contribution < 1.29 is 9.18 Å². The Balaban J connectivity index is 1.67. The molecule has 2 N–H and O–H groups in total. The molecule has 1 aliphatic rings. The van der Waals surface area contributed by atoms with E-state index in [0.29, 0.717) is 11.0 Å². The third-order valence-electron chi connectivity index (χ3n) is 4.73. The summed E-state index contributed by atoms with van der Waals surface area (Å²) in [6.07, 6.45) is 0. The summed E-state index contributed by atoms with van der Waals surface area (Å²) < 4.78 is 15.2. The van der Waals surface area contributed by atoms with Crippen LogP contribution in [0.2, 0.25) is 0 Å². The third-order valence-corrected chi connectivity index (χ3v) is 5.94. The van der Waals surface area contributed by atoms with Gasteiger partial charge in [-0.25, -0.2) is 9.07 Å². The molecule has 3 aromatic rings. The quantitative estimate of drug-likeness (QED) is 0.704. The van der Waals surface area contributed by atoms with E-state index in [9.17, 15) is 9.18 Å². The van der Waals surface area contributed by atoms with Gasteiger partial charge in [0.2, 0.25) is 11.1 Å². The Kier molecular flexibility index (Phi) is 4.80. The zero-order chi connectivity index (χ0) is 19.8. The van der Waals surface area contributed by atoms with Gasteiger partial charge in [-0.1, -0.05) is 41.6 Å². The molecule has 0 aliphatic carbocycles. The van der Waals surface area contributed by atoms with Crippen LogP contribution < -0.4 is 10.7 Å². The molecule has 1 amide bonds. The zero-order valence-corrected chi connectivity index (χ0v) is 16.5. The number of nitrogens with one attached hydrogen (secondary N) is 2. The Labute approximate surface area is 166 Å². The predicted molar refractivity (Wildman–Crippen MR) is 107 cm³/mol. The molecule has 0 unspecified atom stereocenters. The van der Waals surface area contributed by atoms with Crippen LogP contribution >= 0.6 is 11.8 Å². The number of benzene rings is 2. The molecule has 0 spiro atoms. The Morgan fingerprint density at radius 1 is 1.14 bits per heavy atom. The van der Waals surface area contributed by atoms with Crippen LogP contribution in [0.15, 0.2) is 47.6 Å². The molecule has 8 heteroatoms. The van der Waals surface area contributed by atoms with Crippen LogP contribution in [-0.4, -0.2) is 26.0 Å². The minimum atomic E-state index is -0.498. The first-order valence-electron chi connectivity index (χ1n) is 8.91. The van der Waals surface area contributed by atoms with Gasteiger partial charge < -0.3 is 10.7 Å². The molecule has 2 heterocycles. The lowest BCUT2D eigenvalue weighted by atomic mass is 10.0. The molecule has 0 bridgehead atoms. The molecule has 4 rings (SSSR count). The number of amides is 1. The molecule has 28 heavy (non-hydrogen) atoms. The fraction of sp³-hybridized carbons (Fsp3) is 0.250. The number of aromatic nitrogens is 3. The van der Waals surface area contributed by atoms with Crippen molar-refractivity contribution in [2.45, 2.75) is 37.2 Å². The van der Waals surface area contributed by atoms with Crippen molar-refractivity contribution in [1.82, 2.24) is 14.9 Å². The van der Waals surface area contributed by atoms with Crippen LogP contribution in [-0.2, 0) is 4.79 Å². The van der Waals surface area contributed by atoms with Gasteiger partial charge in [0.1, 0.15) is 16.9 Å². The van der Waals surface area contributed by atoms with Crippen molar-refractivity contribution >= 4 is 23.4 Å². The summed E-state index contributed by atoms with van der Waals surface area (Å²) in [4.78, 5) is 13.2. The number of fused-ring (bicyclic) bond motifs is 1. The van der Waals surface area contributed by atoms with E-state index < -0.39 is 5.25 Å². The number of anilines is 1. The Bertz CT molecular complexity index is 1030. The second-order valence-corrected chi connectivity index (χ2v) is 7.98. The Hall–Kier alpha value is -2.87. The van der Waals surface area contributed by atoms with Gasteiger partial charge in [-0.05, 0) is 50.1 Å². The minimum Gasteiger partial charge on any atom is -0.325 e. The third kappa shape index (κ3) is 3.47. The van der Waals surface area contributed by atoms with Crippen molar-refractivity contribution in [1.29, 1.82) is 0 Å². The highest BCUT2D eigenvalue weighted by atomic mass is 32.2. The first-order valence-corrected chi connectivity index (χ1v) is 9.79. The van der Waals surface area contributed by atoms with E-state index in [4.69, 9.17) is 0 Å². The fourth-order valence-electron chi connectivity index (χ4n) is 3.24. The van der Waals surface area contributed by atoms with Gasteiger partial charge in [0.25, 0.3) is 0 Å². The molecule has 6 nitrogen and oxygen atoms in total. The second-order valence-electron chi connectivity index (χ2n) is 6.87. The molecule has 0 saturated carbocycles. The number of carbonyl (C=O) groups excluding carboxylic acids is 1.